The summed E-state index contributed by atoms with van der Waals surface area (Å²) in [6.07, 6.45) is -3.02. The summed E-state index contributed by atoms with van der Waals surface area (Å²) >= 11 is 5.59. The molecule has 1 aromatic carbocycles. The third-order valence-corrected chi connectivity index (χ3v) is 5.30. The normalized spacial score (nSPS) is 16.4. The highest BCUT2D eigenvalue weighted by Gasteiger charge is 2.44. The van der Waals surface area contributed by atoms with Crippen LogP contribution in [0.4, 0.5) is 13.2 Å². The van der Waals surface area contributed by atoms with Crippen molar-refractivity contribution in [2.45, 2.75) is 36.4 Å². The van der Waals surface area contributed by atoms with Crippen LogP contribution in [-0.4, -0.2) is 37.4 Å². The number of alkyl halides is 4. The van der Waals surface area contributed by atoms with E-state index < -0.39 is 28.8 Å². The van der Waals surface area contributed by atoms with Crippen LogP contribution in [0.1, 0.15) is 18.4 Å². The lowest BCUT2D eigenvalue weighted by atomic mass is 10.2. The Morgan fingerprint density at radius 1 is 1.19 bits per heavy atom. The number of hydrogen-bond acceptors (Lipinski definition) is 2. The monoisotopic (exact) mass is 341 g/mol. The smallest absolute Gasteiger partial charge is 0.207 e. The van der Waals surface area contributed by atoms with Crippen LogP contribution < -0.4 is 0 Å². The molecule has 2 rings (SSSR count). The molecule has 0 radical (unpaired) electrons. The summed E-state index contributed by atoms with van der Waals surface area (Å²) in [6.45, 7) is -1.44. The van der Waals surface area contributed by atoms with Gasteiger partial charge >= 0.3 is 6.18 Å². The van der Waals surface area contributed by atoms with E-state index in [1.54, 1.807) is 12.1 Å². The summed E-state index contributed by atoms with van der Waals surface area (Å²) in [5.41, 5.74) is 0.845. The molecule has 0 amide bonds. The van der Waals surface area contributed by atoms with E-state index in [4.69, 9.17) is 11.6 Å². The number of sulfonamides is 1. The molecule has 0 atom stereocenters. The zero-order valence-electron chi connectivity index (χ0n) is 11.1. The molecule has 0 bridgehead atoms. The minimum atomic E-state index is -4.55. The third kappa shape index (κ3) is 4.34. The summed E-state index contributed by atoms with van der Waals surface area (Å²) in [5.74, 6) is 0.397. The molecule has 0 aromatic heterocycles. The standard InChI is InChI=1S/C13H15ClF3NO2S/c14-8-7-10-1-5-12(6-2-10)21(19,20)18(11-3-4-11)9-13(15,16)17/h1-2,5-6,11H,3-4,7-9H2. The summed E-state index contributed by atoms with van der Waals surface area (Å²) in [7, 11) is -4.12. The fraction of sp³-hybridized carbons (Fsp3) is 0.538. The van der Waals surface area contributed by atoms with E-state index in [1.165, 1.54) is 12.1 Å². The van der Waals surface area contributed by atoms with Gasteiger partial charge in [0.15, 0.2) is 0 Å². The van der Waals surface area contributed by atoms with Crippen molar-refractivity contribution in [1.29, 1.82) is 0 Å². The molecule has 8 heteroatoms. The van der Waals surface area contributed by atoms with Crippen LogP contribution in [-0.2, 0) is 16.4 Å². The number of halogens is 4. The Labute approximate surface area is 126 Å². The molecule has 0 saturated heterocycles. The fourth-order valence-electron chi connectivity index (χ4n) is 2.02. The zero-order chi connectivity index (χ0) is 15.7. The van der Waals surface area contributed by atoms with E-state index in [2.05, 4.69) is 0 Å². The molecule has 21 heavy (non-hydrogen) atoms. The quantitative estimate of drug-likeness (QED) is 0.745. The number of hydrogen-bond donors (Lipinski definition) is 0. The van der Waals surface area contributed by atoms with E-state index in [0.717, 1.165) is 5.56 Å². The molecule has 1 aromatic rings. The molecule has 0 spiro atoms. The maximum Gasteiger partial charge on any atom is 0.402 e. The first-order valence-electron chi connectivity index (χ1n) is 6.47. The van der Waals surface area contributed by atoms with Crippen molar-refractivity contribution in [3.63, 3.8) is 0 Å². The maximum absolute atomic E-state index is 12.6. The summed E-state index contributed by atoms with van der Waals surface area (Å²) < 4.78 is 63.0. The second-order valence-corrected chi connectivity index (χ2v) is 7.25. The lowest BCUT2D eigenvalue weighted by molar-refractivity contribution is -0.137. The topological polar surface area (TPSA) is 37.4 Å². The van der Waals surface area contributed by atoms with Crippen LogP contribution >= 0.6 is 11.6 Å². The van der Waals surface area contributed by atoms with Gasteiger partial charge in [-0.2, -0.15) is 17.5 Å². The molecule has 0 N–H and O–H groups in total. The average Bonchev–Trinajstić information content (AvgIpc) is 3.20. The van der Waals surface area contributed by atoms with Gasteiger partial charge < -0.3 is 0 Å². The fourth-order valence-corrected chi connectivity index (χ4v) is 3.91. The first-order chi connectivity index (χ1) is 9.74. The lowest BCUT2D eigenvalue weighted by Crippen LogP contribution is -2.40. The molecule has 1 aliphatic carbocycles. The maximum atomic E-state index is 12.6. The third-order valence-electron chi connectivity index (χ3n) is 3.20. The number of aryl methyl sites for hydroxylation is 1. The Morgan fingerprint density at radius 3 is 2.19 bits per heavy atom. The molecular weight excluding hydrogens is 327 g/mol. The van der Waals surface area contributed by atoms with Gasteiger partial charge in [-0.05, 0) is 37.0 Å². The van der Waals surface area contributed by atoms with Gasteiger partial charge in [-0.1, -0.05) is 12.1 Å². The molecule has 0 aliphatic heterocycles. The van der Waals surface area contributed by atoms with E-state index >= 15 is 0 Å². The zero-order valence-corrected chi connectivity index (χ0v) is 12.7. The van der Waals surface area contributed by atoms with Crippen molar-refractivity contribution >= 4 is 21.6 Å². The predicted molar refractivity (Wildman–Crippen MR) is 73.8 cm³/mol. The molecule has 1 fully saturated rings. The van der Waals surface area contributed by atoms with Crippen LogP contribution in [0.3, 0.4) is 0 Å². The van der Waals surface area contributed by atoms with Gasteiger partial charge in [0.25, 0.3) is 0 Å². The van der Waals surface area contributed by atoms with Crippen molar-refractivity contribution in [3.8, 4) is 0 Å². The molecule has 1 aliphatic rings. The van der Waals surface area contributed by atoms with Gasteiger partial charge in [-0.15, -0.1) is 11.6 Å². The van der Waals surface area contributed by atoms with Gasteiger partial charge in [0.2, 0.25) is 10.0 Å². The second-order valence-electron chi connectivity index (χ2n) is 4.98. The van der Waals surface area contributed by atoms with Crippen LogP contribution in [0.5, 0.6) is 0 Å². The highest BCUT2D eigenvalue weighted by Crippen LogP contribution is 2.34. The van der Waals surface area contributed by atoms with Gasteiger partial charge in [0, 0.05) is 11.9 Å². The van der Waals surface area contributed by atoms with Gasteiger partial charge in [-0.25, -0.2) is 8.42 Å². The second kappa shape index (κ2) is 6.14. The molecule has 3 nitrogen and oxygen atoms in total. The molecule has 0 unspecified atom stereocenters. The Morgan fingerprint density at radius 2 is 1.76 bits per heavy atom. The van der Waals surface area contributed by atoms with Crippen LogP contribution in [0.25, 0.3) is 0 Å². The molecule has 1 saturated carbocycles. The lowest BCUT2D eigenvalue weighted by Gasteiger charge is -2.23. The van der Waals surface area contributed by atoms with Crippen molar-refractivity contribution in [2.75, 3.05) is 12.4 Å². The van der Waals surface area contributed by atoms with Crippen molar-refractivity contribution < 1.29 is 21.6 Å². The molecular formula is C13H15ClF3NO2S. The first-order valence-corrected chi connectivity index (χ1v) is 8.45. The van der Waals surface area contributed by atoms with Gasteiger partial charge in [0.05, 0.1) is 4.90 Å². The van der Waals surface area contributed by atoms with Crippen molar-refractivity contribution in [3.05, 3.63) is 29.8 Å². The van der Waals surface area contributed by atoms with Crippen LogP contribution in [0.15, 0.2) is 29.2 Å². The number of benzene rings is 1. The molecule has 0 heterocycles. The highest BCUT2D eigenvalue weighted by molar-refractivity contribution is 7.89. The Balaban J connectivity index is 2.25. The van der Waals surface area contributed by atoms with Crippen LogP contribution in [0.2, 0.25) is 0 Å². The van der Waals surface area contributed by atoms with E-state index in [9.17, 15) is 21.6 Å². The van der Waals surface area contributed by atoms with Crippen LogP contribution in [0, 0.1) is 0 Å². The van der Waals surface area contributed by atoms with Crippen molar-refractivity contribution in [2.24, 2.45) is 0 Å². The minimum absolute atomic E-state index is 0.114. The predicted octanol–water partition coefficient (Wildman–Crippen LogP) is 3.18. The Bertz CT molecular complexity index is 582. The summed E-state index contributed by atoms with van der Waals surface area (Å²) in [6, 6.07) is 5.28. The van der Waals surface area contributed by atoms with E-state index in [-0.39, 0.29) is 4.90 Å². The highest BCUT2D eigenvalue weighted by atomic mass is 35.5. The van der Waals surface area contributed by atoms with Crippen molar-refractivity contribution in [1.82, 2.24) is 4.31 Å². The first kappa shape index (κ1) is 16.6. The summed E-state index contributed by atoms with van der Waals surface area (Å²) in [4.78, 5) is -0.114. The Hall–Kier alpha value is -0.790. The van der Waals surface area contributed by atoms with Gasteiger partial charge in [0.1, 0.15) is 6.54 Å². The SMILES string of the molecule is O=S(=O)(c1ccc(CCCl)cc1)N(CC(F)(F)F)C1CC1. The minimum Gasteiger partial charge on any atom is -0.207 e. The summed E-state index contributed by atoms with van der Waals surface area (Å²) in [5, 5.41) is 0. The largest absolute Gasteiger partial charge is 0.402 e. The number of nitrogens with zero attached hydrogens (tertiary/aromatic N) is 1. The van der Waals surface area contributed by atoms with E-state index in [0.29, 0.717) is 29.4 Å². The van der Waals surface area contributed by atoms with Gasteiger partial charge in [-0.3, -0.25) is 0 Å². The number of rotatable bonds is 6. The van der Waals surface area contributed by atoms with E-state index in [1.807, 2.05) is 0 Å². The Kier molecular flexibility index (Phi) is 4.85. The average molecular weight is 342 g/mol. The molecule has 118 valence electrons.